The highest BCUT2D eigenvalue weighted by Crippen LogP contribution is 2.46. The summed E-state index contributed by atoms with van der Waals surface area (Å²) in [5, 5.41) is 5.60. The van der Waals surface area contributed by atoms with Crippen molar-refractivity contribution >= 4 is 35.2 Å². The molecule has 0 radical (unpaired) electrons. The number of aromatic amines is 1. The first-order valence-corrected chi connectivity index (χ1v) is 11.9. The SMILES string of the molecule is COc1cc([C@@H]2SCC(=O)Nc3c2c(=O)[nH]n3C2CCSCC2)cc(OC)c1OC. The van der Waals surface area contributed by atoms with Gasteiger partial charge in [0.05, 0.1) is 43.9 Å². The number of aromatic nitrogens is 2. The zero-order valence-corrected chi connectivity index (χ0v) is 18.8. The fourth-order valence-electron chi connectivity index (χ4n) is 3.98. The van der Waals surface area contributed by atoms with Crippen molar-refractivity contribution in [2.75, 3.05) is 43.9 Å². The summed E-state index contributed by atoms with van der Waals surface area (Å²) in [6.45, 7) is 0. The molecule has 1 saturated heterocycles. The van der Waals surface area contributed by atoms with Crippen LogP contribution in [0.3, 0.4) is 0 Å². The van der Waals surface area contributed by atoms with E-state index < -0.39 is 0 Å². The van der Waals surface area contributed by atoms with E-state index in [0.29, 0.717) is 28.6 Å². The van der Waals surface area contributed by atoms with Crippen molar-refractivity contribution in [3.63, 3.8) is 0 Å². The number of anilines is 1. The van der Waals surface area contributed by atoms with E-state index in [9.17, 15) is 9.59 Å². The highest BCUT2D eigenvalue weighted by atomic mass is 32.2. The first kappa shape index (κ1) is 21.0. The van der Waals surface area contributed by atoms with Crippen LogP contribution < -0.4 is 25.1 Å². The Hall–Kier alpha value is -2.20. The molecule has 30 heavy (non-hydrogen) atoms. The summed E-state index contributed by atoms with van der Waals surface area (Å²) in [6, 6.07) is 3.85. The average molecular weight is 452 g/mol. The van der Waals surface area contributed by atoms with Gasteiger partial charge in [-0.2, -0.15) is 11.8 Å². The molecular weight excluding hydrogens is 426 g/mol. The van der Waals surface area contributed by atoms with E-state index >= 15 is 0 Å². The number of methoxy groups -OCH3 is 3. The second-order valence-electron chi connectivity index (χ2n) is 7.11. The number of rotatable bonds is 5. The Morgan fingerprint density at radius 3 is 2.30 bits per heavy atom. The number of ether oxygens (including phenoxy) is 3. The fourth-order valence-corrected chi connectivity index (χ4v) is 6.16. The van der Waals surface area contributed by atoms with Crippen molar-refractivity contribution in [1.82, 2.24) is 9.78 Å². The minimum Gasteiger partial charge on any atom is -0.493 e. The molecule has 1 aromatic heterocycles. The molecule has 2 aliphatic heterocycles. The summed E-state index contributed by atoms with van der Waals surface area (Å²) in [5.74, 6) is 4.30. The quantitative estimate of drug-likeness (QED) is 0.721. The first-order valence-electron chi connectivity index (χ1n) is 9.70. The molecule has 162 valence electrons. The lowest BCUT2D eigenvalue weighted by Crippen LogP contribution is -2.22. The third-order valence-corrected chi connectivity index (χ3v) is 7.73. The van der Waals surface area contributed by atoms with Gasteiger partial charge >= 0.3 is 0 Å². The van der Waals surface area contributed by atoms with Gasteiger partial charge in [0.15, 0.2) is 11.5 Å². The van der Waals surface area contributed by atoms with Crippen molar-refractivity contribution in [2.24, 2.45) is 0 Å². The Morgan fingerprint density at radius 1 is 1.03 bits per heavy atom. The molecule has 0 unspecified atom stereocenters. The van der Waals surface area contributed by atoms with Crippen LogP contribution >= 0.6 is 23.5 Å². The molecule has 8 nitrogen and oxygen atoms in total. The molecular formula is C20H25N3O5S2. The average Bonchev–Trinajstić information content (AvgIpc) is 2.98. The second kappa shape index (κ2) is 8.89. The number of nitrogens with one attached hydrogen (secondary N) is 2. The molecule has 2 aromatic rings. The maximum atomic E-state index is 13.1. The lowest BCUT2D eigenvalue weighted by Gasteiger charge is -2.24. The number of carbonyl (C=O) groups excluding carboxylic acids is 1. The topological polar surface area (TPSA) is 94.6 Å². The van der Waals surface area contributed by atoms with Gasteiger partial charge in [0.25, 0.3) is 5.56 Å². The van der Waals surface area contributed by atoms with E-state index in [1.54, 1.807) is 21.3 Å². The standard InChI is InChI=1S/C20H25N3O5S2/c1-26-13-8-11(9-14(27-2)17(13)28-3)18-16-19(21-15(24)10-30-18)23(22-20(16)25)12-4-6-29-7-5-12/h8-9,12,18H,4-7,10H2,1-3H3,(H,21,24)(H,22,25)/t18-/m0/s1. The summed E-state index contributed by atoms with van der Waals surface area (Å²) >= 11 is 3.33. The van der Waals surface area contributed by atoms with Gasteiger partial charge in [-0.3, -0.25) is 19.4 Å². The number of hydrogen-bond donors (Lipinski definition) is 2. The molecule has 0 bridgehead atoms. The second-order valence-corrected chi connectivity index (χ2v) is 9.43. The molecule has 0 saturated carbocycles. The number of amides is 1. The molecule has 2 N–H and O–H groups in total. The van der Waals surface area contributed by atoms with E-state index in [4.69, 9.17) is 14.2 Å². The fraction of sp³-hybridized carbons (Fsp3) is 0.500. The molecule has 4 rings (SSSR count). The predicted molar refractivity (Wildman–Crippen MR) is 120 cm³/mol. The van der Waals surface area contributed by atoms with Gasteiger partial charge < -0.3 is 19.5 Å². The van der Waals surface area contributed by atoms with Crippen LogP contribution in [0, 0.1) is 0 Å². The number of nitrogens with zero attached hydrogens (tertiary/aromatic N) is 1. The maximum absolute atomic E-state index is 13.1. The molecule has 0 aliphatic carbocycles. The first-order chi connectivity index (χ1) is 14.6. The Labute approximate surface area is 183 Å². The minimum absolute atomic E-state index is 0.117. The molecule has 1 aromatic carbocycles. The number of hydrogen-bond acceptors (Lipinski definition) is 7. The molecule has 3 heterocycles. The zero-order valence-electron chi connectivity index (χ0n) is 17.1. The van der Waals surface area contributed by atoms with Crippen LogP contribution in [0.5, 0.6) is 17.2 Å². The lowest BCUT2D eigenvalue weighted by atomic mass is 10.0. The van der Waals surface area contributed by atoms with Gasteiger partial charge in [0, 0.05) is 0 Å². The number of thioether (sulfide) groups is 2. The van der Waals surface area contributed by atoms with Crippen LogP contribution in [-0.2, 0) is 4.79 Å². The number of fused-ring (bicyclic) bond motifs is 1. The predicted octanol–water partition coefficient (Wildman–Crippen LogP) is 3.05. The van der Waals surface area contributed by atoms with Gasteiger partial charge in [0.2, 0.25) is 11.7 Å². The van der Waals surface area contributed by atoms with Gasteiger partial charge in [-0.05, 0) is 42.0 Å². The Bertz CT molecular complexity index is 972. The smallest absolute Gasteiger partial charge is 0.270 e. The molecule has 10 heteroatoms. The molecule has 1 fully saturated rings. The van der Waals surface area contributed by atoms with Crippen molar-refractivity contribution in [2.45, 2.75) is 24.1 Å². The Morgan fingerprint density at radius 2 is 1.70 bits per heavy atom. The summed E-state index contributed by atoms with van der Waals surface area (Å²) in [4.78, 5) is 25.5. The van der Waals surface area contributed by atoms with Crippen LogP contribution in [0.15, 0.2) is 16.9 Å². The number of benzene rings is 1. The molecule has 2 aliphatic rings. The zero-order chi connectivity index (χ0) is 21.3. The van der Waals surface area contributed by atoms with Gasteiger partial charge in [-0.1, -0.05) is 0 Å². The minimum atomic E-state index is -0.351. The summed E-state index contributed by atoms with van der Waals surface area (Å²) in [5.41, 5.74) is 1.18. The van der Waals surface area contributed by atoms with E-state index in [-0.39, 0.29) is 28.5 Å². The van der Waals surface area contributed by atoms with Crippen LogP contribution in [-0.4, -0.2) is 54.3 Å². The van der Waals surface area contributed by atoms with E-state index in [2.05, 4.69) is 10.4 Å². The molecule has 1 amide bonds. The summed E-state index contributed by atoms with van der Waals surface area (Å²) < 4.78 is 18.3. The van der Waals surface area contributed by atoms with E-state index in [0.717, 1.165) is 29.9 Å². The lowest BCUT2D eigenvalue weighted by molar-refractivity contribution is -0.113. The van der Waals surface area contributed by atoms with Crippen molar-refractivity contribution in [3.05, 3.63) is 33.6 Å². The van der Waals surface area contributed by atoms with Gasteiger partial charge in [0.1, 0.15) is 5.82 Å². The van der Waals surface area contributed by atoms with Crippen LogP contribution in [0.2, 0.25) is 0 Å². The van der Waals surface area contributed by atoms with Crippen LogP contribution in [0.25, 0.3) is 0 Å². The number of H-pyrrole nitrogens is 1. The number of carbonyl (C=O) groups is 1. The molecule has 0 spiro atoms. The van der Waals surface area contributed by atoms with E-state index in [1.807, 2.05) is 28.6 Å². The van der Waals surface area contributed by atoms with E-state index in [1.165, 1.54) is 11.8 Å². The normalized spacial score (nSPS) is 19.6. The van der Waals surface area contributed by atoms with Gasteiger partial charge in [-0.25, -0.2) is 0 Å². The third-order valence-electron chi connectivity index (χ3n) is 5.41. The van der Waals surface area contributed by atoms with Crippen molar-refractivity contribution in [1.29, 1.82) is 0 Å². The Balaban J connectivity index is 1.84. The van der Waals surface area contributed by atoms with Crippen molar-refractivity contribution in [3.8, 4) is 17.2 Å². The molecule has 1 atom stereocenters. The van der Waals surface area contributed by atoms with Gasteiger partial charge in [-0.15, -0.1) is 11.8 Å². The summed E-state index contributed by atoms with van der Waals surface area (Å²) in [6.07, 6.45) is 1.92. The van der Waals surface area contributed by atoms with Crippen LogP contribution in [0.1, 0.15) is 35.3 Å². The third kappa shape index (κ3) is 3.78. The van der Waals surface area contributed by atoms with Crippen LogP contribution in [0.4, 0.5) is 5.82 Å². The summed E-state index contributed by atoms with van der Waals surface area (Å²) in [7, 11) is 4.67. The monoisotopic (exact) mass is 451 g/mol. The largest absolute Gasteiger partial charge is 0.493 e. The highest BCUT2D eigenvalue weighted by Gasteiger charge is 2.33. The maximum Gasteiger partial charge on any atom is 0.270 e. The Kier molecular flexibility index (Phi) is 6.24. The van der Waals surface area contributed by atoms with Crippen molar-refractivity contribution < 1.29 is 19.0 Å². The highest BCUT2D eigenvalue weighted by molar-refractivity contribution is 8.00.